The Morgan fingerprint density at radius 3 is 1.84 bits per heavy atom. The van der Waals surface area contributed by atoms with Crippen LogP contribution in [0.15, 0.2) is 78.9 Å². The number of hydrogen-bond acceptors (Lipinski definition) is 0. The molecule has 0 aromatic heterocycles. The topological polar surface area (TPSA) is 0 Å². The van der Waals surface area contributed by atoms with Crippen molar-refractivity contribution in [2.75, 3.05) is 0 Å². The summed E-state index contributed by atoms with van der Waals surface area (Å²) in [5.74, 6) is 0. The summed E-state index contributed by atoms with van der Waals surface area (Å²) in [6.45, 7) is 2.20. The second-order valence-electron chi connectivity index (χ2n) is 4.53. The van der Waals surface area contributed by atoms with Crippen LogP contribution >= 0.6 is 0 Å². The molecule has 0 amide bonds. The van der Waals surface area contributed by atoms with E-state index in [0.717, 1.165) is 6.42 Å². The van der Waals surface area contributed by atoms with E-state index in [1.807, 2.05) is 0 Å². The van der Waals surface area contributed by atoms with Gasteiger partial charge in [0.2, 0.25) is 0 Å². The summed E-state index contributed by atoms with van der Waals surface area (Å²) in [7, 11) is 0. The third-order valence-corrected chi connectivity index (χ3v) is 3.02. The van der Waals surface area contributed by atoms with Gasteiger partial charge in [-0.25, -0.2) is 0 Å². The molecule has 0 heterocycles. The minimum atomic E-state index is 1.13. The fraction of sp³-hybridized carbons (Fsp3) is 0.158. The maximum atomic E-state index is 2.23. The maximum absolute atomic E-state index is 2.23. The first-order valence-corrected chi connectivity index (χ1v) is 6.89. The van der Waals surface area contributed by atoms with E-state index < -0.39 is 0 Å². The average Bonchev–Trinajstić information content (AvgIpc) is 2.49. The zero-order valence-corrected chi connectivity index (χ0v) is 11.4. The summed E-state index contributed by atoms with van der Waals surface area (Å²) in [4.78, 5) is 0. The van der Waals surface area contributed by atoms with Crippen molar-refractivity contribution in [3.63, 3.8) is 0 Å². The molecule has 19 heavy (non-hydrogen) atoms. The number of allylic oxidation sites excluding steroid dienone is 3. The molecule has 0 saturated carbocycles. The molecule has 0 atom stereocenters. The number of unbranched alkanes of at least 4 members (excludes halogenated alkanes) is 1. The summed E-state index contributed by atoms with van der Waals surface area (Å²) in [5, 5.41) is 0. The summed E-state index contributed by atoms with van der Waals surface area (Å²) in [6, 6.07) is 21.1. The minimum absolute atomic E-state index is 1.13. The molecule has 0 aliphatic rings. The van der Waals surface area contributed by atoms with Gasteiger partial charge < -0.3 is 0 Å². The van der Waals surface area contributed by atoms with Gasteiger partial charge in [-0.05, 0) is 23.1 Å². The Hall–Kier alpha value is -2.08. The molecule has 0 nitrogen and oxygen atoms in total. The monoisotopic (exact) mass is 248 g/mol. The molecule has 0 unspecified atom stereocenters. The Morgan fingerprint density at radius 1 is 0.842 bits per heavy atom. The highest BCUT2D eigenvalue weighted by Crippen LogP contribution is 2.23. The van der Waals surface area contributed by atoms with Crippen LogP contribution in [-0.2, 0) is 0 Å². The van der Waals surface area contributed by atoms with Crippen LogP contribution in [0.5, 0.6) is 0 Å². The Morgan fingerprint density at radius 2 is 1.37 bits per heavy atom. The van der Waals surface area contributed by atoms with Gasteiger partial charge in [0.25, 0.3) is 0 Å². The Kier molecular flexibility index (Phi) is 5.18. The normalized spacial score (nSPS) is 10.6. The predicted octanol–water partition coefficient (Wildman–Crippen LogP) is 5.47. The first-order chi connectivity index (χ1) is 9.42. The summed E-state index contributed by atoms with van der Waals surface area (Å²) < 4.78 is 0. The third-order valence-electron chi connectivity index (χ3n) is 3.02. The third kappa shape index (κ3) is 3.96. The van der Waals surface area contributed by atoms with Gasteiger partial charge in [-0.2, -0.15) is 0 Å². The quantitative estimate of drug-likeness (QED) is 0.615. The van der Waals surface area contributed by atoms with Crippen molar-refractivity contribution in [2.24, 2.45) is 0 Å². The van der Waals surface area contributed by atoms with E-state index in [4.69, 9.17) is 0 Å². The number of rotatable bonds is 5. The summed E-state index contributed by atoms with van der Waals surface area (Å²) in [5.41, 5.74) is 3.79. The first-order valence-electron chi connectivity index (χ1n) is 6.89. The van der Waals surface area contributed by atoms with Gasteiger partial charge in [0.05, 0.1) is 0 Å². The standard InChI is InChI=1S/C19H20/c1-2-3-4-11-16-19(17-12-7-5-8-13-17)18-14-9-6-10-15-18/h4-16H,2-3H2,1H3/b11-4-. The van der Waals surface area contributed by atoms with Gasteiger partial charge in [0.15, 0.2) is 0 Å². The molecule has 2 rings (SSSR count). The zero-order valence-electron chi connectivity index (χ0n) is 11.4. The van der Waals surface area contributed by atoms with Crippen LogP contribution in [-0.4, -0.2) is 0 Å². The molecule has 0 heteroatoms. The molecule has 0 aliphatic carbocycles. The highest BCUT2D eigenvalue weighted by molar-refractivity contribution is 5.80. The lowest BCUT2D eigenvalue weighted by atomic mass is 9.97. The van der Waals surface area contributed by atoms with Crippen molar-refractivity contribution in [1.82, 2.24) is 0 Å². The smallest absolute Gasteiger partial charge is 0.0112 e. The molecule has 0 fully saturated rings. The fourth-order valence-corrected chi connectivity index (χ4v) is 2.02. The van der Waals surface area contributed by atoms with Crippen LogP contribution in [0.1, 0.15) is 30.9 Å². The summed E-state index contributed by atoms with van der Waals surface area (Å²) >= 11 is 0. The molecule has 0 N–H and O–H groups in total. The maximum Gasteiger partial charge on any atom is -0.0112 e. The van der Waals surface area contributed by atoms with E-state index in [0.29, 0.717) is 0 Å². The van der Waals surface area contributed by atoms with Gasteiger partial charge in [-0.15, -0.1) is 0 Å². The molecular formula is C19H20. The van der Waals surface area contributed by atoms with Crippen molar-refractivity contribution in [2.45, 2.75) is 19.8 Å². The Balaban J connectivity index is 2.34. The van der Waals surface area contributed by atoms with E-state index in [9.17, 15) is 0 Å². The average molecular weight is 248 g/mol. The van der Waals surface area contributed by atoms with Crippen LogP contribution in [0.3, 0.4) is 0 Å². The van der Waals surface area contributed by atoms with Gasteiger partial charge in [0, 0.05) is 0 Å². The van der Waals surface area contributed by atoms with Gasteiger partial charge in [-0.1, -0.05) is 92.2 Å². The van der Waals surface area contributed by atoms with E-state index in [1.165, 1.54) is 23.1 Å². The molecule has 0 radical (unpaired) electrons. The lowest BCUT2D eigenvalue weighted by Crippen LogP contribution is -1.86. The van der Waals surface area contributed by atoms with Crippen LogP contribution in [0.2, 0.25) is 0 Å². The van der Waals surface area contributed by atoms with Crippen molar-refractivity contribution in [3.05, 3.63) is 90.0 Å². The van der Waals surface area contributed by atoms with E-state index in [-0.39, 0.29) is 0 Å². The molecule has 2 aromatic carbocycles. The van der Waals surface area contributed by atoms with Crippen molar-refractivity contribution >= 4 is 5.57 Å². The van der Waals surface area contributed by atoms with Gasteiger partial charge in [0.1, 0.15) is 0 Å². The fourth-order valence-electron chi connectivity index (χ4n) is 2.02. The highest BCUT2D eigenvalue weighted by atomic mass is 14.1. The molecule has 0 aliphatic heterocycles. The minimum Gasteiger partial charge on any atom is -0.0845 e. The first kappa shape index (κ1) is 13.4. The zero-order chi connectivity index (χ0) is 13.3. The van der Waals surface area contributed by atoms with Gasteiger partial charge >= 0.3 is 0 Å². The number of hydrogen-bond donors (Lipinski definition) is 0. The lowest BCUT2D eigenvalue weighted by molar-refractivity contribution is 0.959. The largest absolute Gasteiger partial charge is 0.0845 e. The lowest BCUT2D eigenvalue weighted by Gasteiger charge is -2.07. The van der Waals surface area contributed by atoms with Crippen LogP contribution in [0, 0.1) is 0 Å². The molecule has 0 spiro atoms. The summed E-state index contributed by atoms with van der Waals surface area (Å²) in [6.07, 6.45) is 8.93. The Bertz CT molecular complexity index is 491. The Labute approximate surface area is 116 Å². The molecule has 2 aromatic rings. The van der Waals surface area contributed by atoms with Crippen molar-refractivity contribution < 1.29 is 0 Å². The van der Waals surface area contributed by atoms with Gasteiger partial charge in [-0.3, -0.25) is 0 Å². The van der Waals surface area contributed by atoms with E-state index >= 15 is 0 Å². The SMILES string of the molecule is CCC/C=C\C=C(c1ccccc1)c1ccccc1. The molecule has 96 valence electrons. The van der Waals surface area contributed by atoms with Crippen LogP contribution in [0.4, 0.5) is 0 Å². The van der Waals surface area contributed by atoms with Crippen molar-refractivity contribution in [1.29, 1.82) is 0 Å². The second kappa shape index (κ2) is 7.38. The highest BCUT2D eigenvalue weighted by Gasteiger charge is 2.02. The molecular weight excluding hydrogens is 228 g/mol. The molecule has 0 saturated heterocycles. The van der Waals surface area contributed by atoms with E-state index in [1.54, 1.807) is 0 Å². The number of benzene rings is 2. The molecule has 0 bridgehead atoms. The van der Waals surface area contributed by atoms with E-state index in [2.05, 4.69) is 85.8 Å². The van der Waals surface area contributed by atoms with Crippen molar-refractivity contribution in [3.8, 4) is 0 Å². The predicted molar refractivity (Wildman–Crippen MR) is 84.0 cm³/mol. The van der Waals surface area contributed by atoms with Crippen LogP contribution < -0.4 is 0 Å². The van der Waals surface area contributed by atoms with Crippen LogP contribution in [0.25, 0.3) is 5.57 Å². The second-order valence-corrected chi connectivity index (χ2v) is 4.53.